The van der Waals surface area contributed by atoms with Crippen molar-refractivity contribution in [2.75, 3.05) is 11.9 Å². The Morgan fingerprint density at radius 3 is 2.71 bits per heavy atom. The summed E-state index contributed by atoms with van der Waals surface area (Å²) in [7, 11) is 0. The number of carboxylic acid groups (broad SMARTS) is 1. The summed E-state index contributed by atoms with van der Waals surface area (Å²) < 4.78 is 13.8. The highest BCUT2D eigenvalue weighted by Gasteiger charge is 2.35. The molecule has 6 nitrogen and oxygen atoms in total. The number of halogens is 1. The average molecular weight is 294 g/mol. The SMILES string of the molecule is CC(=O)Nc1ccc(F)c(C(=O)N2CCC[C@@H]2C(=O)O)c1. The average Bonchev–Trinajstić information content (AvgIpc) is 2.89. The summed E-state index contributed by atoms with van der Waals surface area (Å²) in [5.41, 5.74) is 0.0488. The van der Waals surface area contributed by atoms with Crippen LogP contribution in [0.25, 0.3) is 0 Å². The number of aliphatic carboxylic acids is 1. The third-order valence-electron chi connectivity index (χ3n) is 3.32. The molecule has 0 bridgehead atoms. The summed E-state index contributed by atoms with van der Waals surface area (Å²) in [4.78, 5) is 35.6. The van der Waals surface area contributed by atoms with Gasteiger partial charge in [-0.1, -0.05) is 0 Å². The zero-order valence-corrected chi connectivity index (χ0v) is 11.4. The molecule has 21 heavy (non-hydrogen) atoms. The number of hydrogen-bond acceptors (Lipinski definition) is 3. The largest absolute Gasteiger partial charge is 0.480 e. The molecule has 0 spiro atoms. The second-order valence-corrected chi connectivity index (χ2v) is 4.87. The van der Waals surface area contributed by atoms with Gasteiger partial charge in [0.1, 0.15) is 11.9 Å². The van der Waals surface area contributed by atoms with Crippen molar-refractivity contribution < 1.29 is 23.9 Å². The Hall–Kier alpha value is -2.44. The van der Waals surface area contributed by atoms with Gasteiger partial charge in [-0.25, -0.2) is 9.18 Å². The van der Waals surface area contributed by atoms with Gasteiger partial charge in [0, 0.05) is 19.2 Å². The topological polar surface area (TPSA) is 86.7 Å². The third kappa shape index (κ3) is 3.18. The second-order valence-electron chi connectivity index (χ2n) is 4.87. The number of likely N-dealkylation sites (tertiary alicyclic amines) is 1. The molecule has 1 fully saturated rings. The lowest BCUT2D eigenvalue weighted by atomic mass is 10.1. The van der Waals surface area contributed by atoms with E-state index in [1.807, 2.05) is 0 Å². The highest BCUT2D eigenvalue weighted by atomic mass is 19.1. The molecule has 1 heterocycles. The van der Waals surface area contributed by atoms with Gasteiger partial charge >= 0.3 is 5.97 Å². The lowest BCUT2D eigenvalue weighted by Crippen LogP contribution is -2.40. The van der Waals surface area contributed by atoms with Crippen molar-refractivity contribution in [1.29, 1.82) is 0 Å². The number of carbonyl (C=O) groups excluding carboxylic acids is 2. The fourth-order valence-corrected chi connectivity index (χ4v) is 2.39. The summed E-state index contributed by atoms with van der Waals surface area (Å²) in [6, 6.07) is 2.70. The summed E-state index contributed by atoms with van der Waals surface area (Å²) in [6.45, 7) is 1.57. The molecule has 0 saturated carbocycles. The van der Waals surface area contributed by atoms with Crippen LogP contribution in [0.3, 0.4) is 0 Å². The molecule has 1 atom stereocenters. The van der Waals surface area contributed by atoms with Crippen molar-refractivity contribution in [2.45, 2.75) is 25.8 Å². The van der Waals surface area contributed by atoms with Crippen LogP contribution in [0.4, 0.5) is 10.1 Å². The van der Waals surface area contributed by atoms with Gasteiger partial charge < -0.3 is 15.3 Å². The van der Waals surface area contributed by atoms with E-state index in [4.69, 9.17) is 5.11 Å². The van der Waals surface area contributed by atoms with Crippen molar-refractivity contribution in [2.24, 2.45) is 0 Å². The molecule has 1 aromatic carbocycles. The van der Waals surface area contributed by atoms with Crippen molar-refractivity contribution in [1.82, 2.24) is 4.90 Å². The van der Waals surface area contributed by atoms with Crippen molar-refractivity contribution in [3.05, 3.63) is 29.6 Å². The highest BCUT2D eigenvalue weighted by Crippen LogP contribution is 2.23. The Bertz CT molecular complexity index is 603. The number of nitrogens with one attached hydrogen (secondary N) is 1. The molecule has 1 aromatic rings. The van der Waals surface area contributed by atoms with Gasteiger partial charge in [-0.15, -0.1) is 0 Å². The molecule has 0 aromatic heterocycles. The third-order valence-corrected chi connectivity index (χ3v) is 3.32. The van der Waals surface area contributed by atoms with E-state index in [9.17, 15) is 18.8 Å². The van der Waals surface area contributed by atoms with E-state index in [2.05, 4.69) is 5.32 Å². The van der Waals surface area contributed by atoms with Crippen LogP contribution in [0.15, 0.2) is 18.2 Å². The summed E-state index contributed by atoms with van der Waals surface area (Å²) in [5.74, 6) is -2.86. The minimum Gasteiger partial charge on any atom is -0.480 e. The van der Waals surface area contributed by atoms with E-state index in [1.165, 1.54) is 19.1 Å². The number of rotatable bonds is 3. The predicted octanol–water partition coefficient (Wildman–Crippen LogP) is 1.47. The van der Waals surface area contributed by atoms with Gasteiger partial charge in [-0.2, -0.15) is 0 Å². The number of hydrogen-bond donors (Lipinski definition) is 2. The number of nitrogens with zero attached hydrogens (tertiary/aromatic N) is 1. The smallest absolute Gasteiger partial charge is 0.326 e. The summed E-state index contributed by atoms with van der Waals surface area (Å²) >= 11 is 0. The normalized spacial score (nSPS) is 17.6. The van der Waals surface area contributed by atoms with E-state index < -0.39 is 23.7 Å². The Kier molecular flexibility index (Phi) is 4.21. The Balaban J connectivity index is 2.29. The van der Waals surface area contributed by atoms with E-state index in [0.29, 0.717) is 18.5 Å². The van der Waals surface area contributed by atoms with Gasteiger partial charge in [0.15, 0.2) is 0 Å². The molecule has 0 radical (unpaired) electrons. The fraction of sp³-hybridized carbons (Fsp3) is 0.357. The van der Waals surface area contributed by atoms with Crippen LogP contribution in [-0.2, 0) is 9.59 Å². The predicted molar refractivity (Wildman–Crippen MR) is 72.4 cm³/mol. The minimum absolute atomic E-state index is 0.241. The molecular weight excluding hydrogens is 279 g/mol. The van der Waals surface area contributed by atoms with Crippen molar-refractivity contribution >= 4 is 23.5 Å². The van der Waals surface area contributed by atoms with Gasteiger partial charge in [-0.3, -0.25) is 9.59 Å². The van der Waals surface area contributed by atoms with E-state index in [1.54, 1.807) is 0 Å². The molecule has 1 aliphatic rings. The van der Waals surface area contributed by atoms with Crippen LogP contribution in [0, 0.1) is 5.82 Å². The first kappa shape index (κ1) is 15.0. The highest BCUT2D eigenvalue weighted by molar-refractivity contribution is 5.99. The van der Waals surface area contributed by atoms with Crippen molar-refractivity contribution in [3.8, 4) is 0 Å². The Morgan fingerprint density at radius 2 is 2.10 bits per heavy atom. The van der Waals surface area contributed by atoms with E-state index >= 15 is 0 Å². The molecule has 0 aliphatic carbocycles. The lowest BCUT2D eigenvalue weighted by Gasteiger charge is -2.22. The molecule has 2 rings (SSSR count). The molecule has 2 amide bonds. The molecule has 1 aliphatic heterocycles. The van der Waals surface area contributed by atoms with Crippen LogP contribution in [0.2, 0.25) is 0 Å². The Labute approximate surface area is 120 Å². The molecule has 0 unspecified atom stereocenters. The van der Waals surface area contributed by atoms with Crippen LogP contribution in [0.1, 0.15) is 30.1 Å². The maximum atomic E-state index is 13.8. The first-order chi connectivity index (χ1) is 9.90. The zero-order valence-electron chi connectivity index (χ0n) is 11.4. The maximum Gasteiger partial charge on any atom is 0.326 e. The van der Waals surface area contributed by atoms with Crippen LogP contribution >= 0.6 is 0 Å². The number of anilines is 1. The maximum absolute atomic E-state index is 13.8. The first-order valence-electron chi connectivity index (χ1n) is 6.51. The van der Waals surface area contributed by atoms with E-state index in [-0.39, 0.29) is 18.0 Å². The van der Waals surface area contributed by atoms with Crippen LogP contribution in [-0.4, -0.2) is 40.4 Å². The standard InChI is InChI=1S/C14H15FN2O4/c1-8(18)16-9-4-5-11(15)10(7-9)13(19)17-6-2-3-12(17)14(20)21/h4-5,7,12H,2-3,6H2,1H3,(H,16,18)(H,20,21)/t12-/m1/s1. The molecular formula is C14H15FN2O4. The fourth-order valence-electron chi connectivity index (χ4n) is 2.39. The quantitative estimate of drug-likeness (QED) is 0.884. The summed E-state index contributed by atoms with van der Waals surface area (Å²) in [6.07, 6.45) is 0.920. The monoisotopic (exact) mass is 294 g/mol. The Morgan fingerprint density at radius 1 is 1.38 bits per heavy atom. The van der Waals surface area contributed by atoms with Gasteiger partial charge in [0.05, 0.1) is 5.56 Å². The number of amides is 2. The van der Waals surface area contributed by atoms with Gasteiger partial charge in [-0.05, 0) is 31.0 Å². The van der Waals surface area contributed by atoms with Gasteiger partial charge in [0.2, 0.25) is 5.91 Å². The molecule has 2 N–H and O–H groups in total. The number of carboxylic acids is 1. The van der Waals surface area contributed by atoms with Gasteiger partial charge in [0.25, 0.3) is 5.91 Å². The number of carbonyl (C=O) groups is 3. The zero-order chi connectivity index (χ0) is 15.6. The lowest BCUT2D eigenvalue weighted by molar-refractivity contribution is -0.141. The number of benzene rings is 1. The van der Waals surface area contributed by atoms with Crippen LogP contribution in [0.5, 0.6) is 0 Å². The second kappa shape index (κ2) is 5.90. The molecule has 7 heteroatoms. The van der Waals surface area contributed by atoms with Crippen LogP contribution < -0.4 is 5.32 Å². The first-order valence-corrected chi connectivity index (χ1v) is 6.51. The van der Waals surface area contributed by atoms with E-state index in [0.717, 1.165) is 11.0 Å². The molecule has 1 saturated heterocycles. The molecule has 112 valence electrons. The van der Waals surface area contributed by atoms with Crippen molar-refractivity contribution in [3.63, 3.8) is 0 Å². The minimum atomic E-state index is -1.10. The summed E-state index contributed by atoms with van der Waals surface area (Å²) in [5, 5.41) is 11.5.